The fraction of sp³-hybridized carbons (Fsp3) is 0.472. The predicted octanol–water partition coefficient (Wildman–Crippen LogP) is 10.6. The molecule has 0 saturated heterocycles. The van der Waals surface area contributed by atoms with Crippen LogP contribution in [-0.4, -0.2) is 19.1 Å². The SMILES string of the molecule is CCCCCCCCOc1ccc(N(c2ccc(NC(C)=O)cc2)c2ccc(OCCCCCCCC)cc2)cc1. The van der Waals surface area contributed by atoms with Crippen LogP contribution in [0.3, 0.4) is 0 Å². The summed E-state index contributed by atoms with van der Waals surface area (Å²) < 4.78 is 12.1. The zero-order chi connectivity index (χ0) is 29.1. The van der Waals surface area contributed by atoms with Crippen molar-refractivity contribution in [3.8, 4) is 11.5 Å². The van der Waals surface area contributed by atoms with E-state index in [2.05, 4.69) is 48.3 Å². The van der Waals surface area contributed by atoms with Gasteiger partial charge in [-0.3, -0.25) is 4.79 Å². The van der Waals surface area contributed by atoms with Crippen LogP contribution in [0.1, 0.15) is 97.8 Å². The quantitative estimate of drug-likeness (QED) is 0.140. The van der Waals surface area contributed by atoms with Crippen molar-refractivity contribution in [2.45, 2.75) is 97.8 Å². The van der Waals surface area contributed by atoms with Gasteiger partial charge >= 0.3 is 0 Å². The second-order valence-corrected chi connectivity index (χ2v) is 10.8. The van der Waals surface area contributed by atoms with Gasteiger partial charge in [0.1, 0.15) is 11.5 Å². The van der Waals surface area contributed by atoms with Gasteiger partial charge in [-0.05, 0) is 85.6 Å². The van der Waals surface area contributed by atoms with Gasteiger partial charge in [0, 0.05) is 29.7 Å². The Hall–Kier alpha value is -3.47. The molecule has 0 aromatic heterocycles. The second kappa shape index (κ2) is 18.8. The smallest absolute Gasteiger partial charge is 0.221 e. The third-order valence-electron chi connectivity index (χ3n) is 7.17. The Kier molecular flexibility index (Phi) is 14.7. The molecule has 0 aliphatic heterocycles. The van der Waals surface area contributed by atoms with E-state index in [4.69, 9.17) is 9.47 Å². The standard InChI is InChI=1S/C36H50N2O3/c1-4-6-8-10-12-14-28-40-35-24-20-33(21-25-35)38(32-18-16-31(17-19-32)37-30(3)39)34-22-26-36(27-23-34)41-29-15-13-11-9-7-5-2/h16-27H,4-15,28-29H2,1-3H3,(H,37,39). The molecular formula is C36H50N2O3. The molecule has 3 aromatic rings. The molecule has 0 heterocycles. The number of carbonyl (C=O) groups excluding carboxylic acids is 1. The van der Waals surface area contributed by atoms with Crippen molar-refractivity contribution in [1.29, 1.82) is 0 Å². The molecule has 0 unspecified atom stereocenters. The minimum Gasteiger partial charge on any atom is -0.494 e. The van der Waals surface area contributed by atoms with Crippen LogP contribution in [0.4, 0.5) is 22.7 Å². The summed E-state index contributed by atoms with van der Waals surface area (Å²) in [5.41, 5.74) is 3.84. The van der Waals surface area contributed by atoms with Crippen molar-refractivity contribution in [1.82, 2.24) is 0 Å². The number of anilines is 4. The fourth-order valence-corrected chi connectivity index (χ4v) is 4.87. The van der Waals surface area contributed by atoms with Gasteiger partial charge < -0.3 is 19.7 Å². The molecule has 0 atom stereocenters. The monoisotopic (exact) mass is 558 g/mol. The molecular weight excluding hydrogens is 508 g/mol. The van der Waals surface area contributed by atoms with Crippen LogP contribution < -0.4 is 19.7 Å². The van der Waals surface area contributed by atoms with Crippen LogP contribution in [0.25, 0.3) is 0 Å². The number of nitrogens with one attached hydrogen (secondary N) is 1. The van der Waals surface area contributed by atoms with E-state index in [9.17, 15) is 4.79 Å². The van der Waals surface area contributed by atoms with Crippen LogP contribution in [-0.2, 0) is 4.79 Å². The molecule has 5 nitrogen and oxygen atoms in total. The number of benzene rings is 3. The van der Waals surface area contributed by atoms with Gasteiger partial charge in [0.2, 0.25) is 5.91 Å². The Bertz CT molecular complexity index is 1050. The van der Waals surface area contributed by atoms with Crippen molar-refractivity contribution in [2.75, 3.05) is 23.4 Å². The molecule has 5 heteroatoms. The lowest BCUT2D eigenvalue weighted by atomic mass is 10.1. The van der Waals surface area contributed by atoms with E-state index in [-0.39, 0.29) is 5.91 Å². The Balaban J connectivity index is 1.66. The van der Waals surface area contributed by atoms with Crippen molar-refractivity contribution in [3.05, 3.63) is 72.8 Å². The first kappa shape index (κ1) is 32.0. The van der Waals surface area contributed by atoms with Crippen molar-refractivity contribution >= 4 is 28.7 Å². The Labute approximate surface area is 248 Å². The van der Waals surface area contributed by atoms with Crippen LogP contribution in [0, 0.1) is 0 Å². The zero-order valence-corrected chi connectivity index (χ0v) is 25.5. The summed E-state index contributed by atoms with van der Waals surface area (Å²) in [6.07, 6.45) is 15.0. The fourth-order valence-electron chi connectivity index (χ4n) is 4.87. The Morgan fingerprint density at radius 2 is 0.927 bits per heavy atom. The van der Waals surface area contributed by atoms with Crippen molar-refractivity contribution < 1.29 is 14.3 Å². The summed E-state index contributed by atoms with van der Waals surface area (Å²) in [6, 6.07) is 24.5. The van der Waals surface area contributed by atoms with E-state index < -0.39 is 0 Å². The topological polar surface area (TPSA) is 50.8 Å². The van der Waals surface area contributed by atoms with Crippen LogP contribution >= 0.6 is 0 Å². The summed E-state index contributed by atoms with van der Waals surface area (Å²) in [5, 5.41) is 2.85. The molecule has 41 heavy (non-hydrogen) atoms. The maximum atomic E-state index is 11.5. The molecule has 0 aliphatic carbocycles. The third-order valence-corrected chi connectivity index (χ3v) is 7.17. The Morgan fingerprint density at radius 1 is 0.561 bits per heavy atom. The van der Waals surface area contributed by atoms with E-state index in [1.54, 1.807) is 0 Å². The lowest BCUT2D eigenvalue weighted by Gasteiger charge is -2.26. The summed E-state index contributed by atoms with van der Waals surface area (Å²) in [6.45, 7) is 7.51. The average Bonchev–Trinajstić information content (AvgIpc) is 2.98. The van der Waals surface area contributed by atoms with Gasteiger partial charge in [0.25, 0.3) is 0 Å². The summed E-state index contributed by atoms with van der Waals surface area (Å²) in [7, 11) is 0. The minimum atomic E-state index is -0.0808. The largest absolute Gasteiger partial charge is 0.494 e. The first-order chi connectivity index (χ1) is 20.1. The molecule has 0 spiro atoms. The number of hydrogen-bond donors (Lipinski definition) is 1. The highest BCUT2D eigenvalue weighted by Crippen LogP contribution is 2.36. The van der Waals surface area contributed by atoms with Crippen LogP contribution in [0.2, 0.25) is 0 Å². The third kappa shape index (κ3) is 11.9. The maximum Gasteiger partial charge on any atom is 0.221 e. The van der Waals surface area contributed by atoms with Gasteiger partial charge in [-0.15, -0.1) is 0 Å². The van der Waals surface area contributed by atoms with E-state index in [0.717, 1.165) is 60.3 Å². The molecule has 1 amide bonds. The minimum absolute atomic E-state index is 0.0808. The molecule has 3 rings (SSSR count). The number of rotatable bonds is 20. The Morgan fingerprint density at radius 3 is 1.32 bits per heavy atom. The normalized spacial score (nSPS) is 10.8. The molecule has 0 aliphatic rings. The average molecular weight is 559 g/mol. The van der Waals surface area contributed by atoms with Crippen LogP contribution in [0.15, 0.2) is 72.8 Å². The van der Waals surface area contributed by atoms with Gasteiger partial charge in [-0.2, -0.15) is 0 Å². The van der Waals surface area contributed by atoms with E-state index in [1.807, 2.05) is 48.5 Å². The highest BCUT2D eigenvalue weighted by Gasteiger charge is 2.13. The first-order valence-electron chi connectivity index (χ1n) is 15.7. The summed E-state index contributed by atoms with van der Waals surface area (Å²) in [5.74, 6) is 1.70. The molecule has 1 N–H and O–H groups in total. The molecule has 3 aromatic carbocycles. The molecule has 0 fully saturated rings. The summed E-state index contributed by atoms with van der Waals surface area (Å²) >= 11 is 0. The number of ether oxygens (including phenoxy) is 2. The first-order valence-corrected chi connectivity index (χ1v) is 15.7. The van der Waals surface area contributed by atoms with E-state index in [1.165, 1.54) is 71.1 Å². The number of hydrogen-bond acceptors (Lipinski definition) is 4. The summed E-state index contributed by atoms with van der Waals surface area (Å²) in [4.78, 5) is 13.7. The number of amides is 1. The van der Waals surface area contributed by atoms with Crippen molar-refractivity contribution in [3.63, 3.8) is 0 Å². The molecule has 0 bridgehead atoms. The second-order valence-electron chi connectivity index (χ2n) is 10.8. The van der Waals surface area contributed by atoms with Crippen molar-refractivity contribution in [2.24, 2.45) is 0 Å². The predicted molar refractivity (Wildman–Crippen MR) is 173 cm³/mol. The van der Waals surface area contributed by atoms with Gasteiger partial charge in [0.05, 0.1) is 13.2 Å². The van der Waals surface area contributed by atoms with E-state index in [0.29, 0.717) is 0 Å². The van der Waals surface area contributed by atoms with Gasteiger partial charge in [-0.1, -0.05) is 78.1 Å². The highest BCUT2D eigenvalue weighted by atomic mass is 16.5. The van der Waals surface area contributed by atoms with Crippen LogP contribution in [0.5, 0.6) is 11.5 Å². The van der Waals surface area contributed by atoms with Gasteiger partial charge in [0.15, 0.2) is 0 Å². The number of unbranched alkanes of at least 4 members (excludes halogenated alkanes) is 10. The lowest BCUT2D eigenvalue weighted by Crippen LogP contribution is -2.11. The number of carbonyl (C=O) groups is 1. The highest BCUT2D eigenvalue weighted by molar-refractivity contribution is 5.89. The maximum absolute atomic E-state index is 11.5. The van der Waals surface area contributed by atoms with E-state index >= 15 is 0 Å². The zero-order valence-electron chi connectivity index (χ0n) is 25.5. The molecule has 222 valence electrons. The number of nitrogens with zero attached hydrogens (tertiary/aromatic N) is 1. The lowest BCUT2D eigenvalue weighted by molar-refractivity contribution is -0.114. The van der Waals surface area contributed by atoms with Gasteiger partial charge in [-0.25, -0.2) is 0 Å². The molecule has 0 radical (unpaired) electrons. The molecule has 0 saturated carbocycles.